The highest BCUT2D eigenvalue weighted by Gasteiger charge is 2.00. The molecule has 13 heavy (non-hydrogen) atoms. The molecular weight excluding hydrogens is 162 g/mol. The summed E-state index contributed by atoms with van der Waals surface area (Å²) in [4.78, 5) is 0. The quantitative estimate of drug-likeness (QED) is 0.703. The van der Waals surface area contributed by atoms with Crippen molar-refractivity contribution in [2.45, 2.75) is 39.2 Å². The summed E-state index contributed by atoms with van der Waals surface area (Å²) in [6.07, 6.45) is 7.45. The number of hydrogen-bond donors (Lipinski definition) is 1. The summed E-state index contributed by atoms with van der Waals surface area (Å²) in [5, 5.41) is 4.28. The Labute approximate surface area is 79.9 Å². The zero-order valence-corrected chi connectivity index (χ0v) is 8.53. The van der Waals surface area contributed by atoms with Crippen LogP contribution in [0.2, 0.25) is 0 Å². The zero-order valence-electron chi connectivity index (χ0n) is 8.53. The molecule has 0 aliphatic carbocycles. The molecule has 2 N–H and O–H groups in total. The lowest BCUT2D eigenvalue weighted by Gasteiger charge is -2.02. The summed E-state index contributed by atoms with van der Waals surface area (Å²) >= 11 is 0. The van der Waals surface area contributed by atoms with E-state index in [1.165, 1.54) is 12.0 Å². The van der Waals surface area contributed by atoms with Crippen molar-refractivity contribution in [2.75, 3.05) is 6.54 Å². The van der Waals surface area contributed by atoms with Gasteiger partial charge in [0.2, 0.25) is 0 Å². The van der Waals surface area contributed by atoms with Crippen LogP contribution in [0.1, 0.15) is 38.3 Å². The number of nitrogens with zero attached hydrogens (tertiary/aromatic N) is 2. The summed E-state index contributed by atoms with van der Waals surface area (Å²) < 4.78 is 2.00. The Hall–Kier alpha value is -0.830. The zero-order chi connectivity index (χ0) is 9.68. The lowest BCUT2D eigenvalue weighted by atomic mass is 10.1. The van der Waals surface area contributed by atoms with Crippen molar-refractivity contribution in [1.82, 2.24) is 9.78 Å². The van der Waals surface area contributed by atoms with Gasteiger partial charge in [0.25, 0.3) is 0 Å². The predicted molar refractivity (Wildman–Crippen MR) is 54.6 cm³/mol. The smallest absolute Gasteiger partial charge is 0.0521 e. The Morgan fingerprint density at radius 1 is 1.46 bits per heavy atom. The minimum absolute atomic E-state index is 0.461. The second-order valence-electron chi connectivity index (χ2n) is 3.67. The lowest BCUT2D eigenvalue weighted by Crippen LogP contribution is -2.00. The molecular formula is C10H19N3. The molecule has 0 bridgehead atoms. The van der Waals surface area contributed by atoms with Gasteiger partial charge in [-0.15, -0.1) is 0 Å². The van der Waals surface area contributed by atoms with Crippen LogP contribution in [-0.2, 0) is 6.42 Å². The maximum atomic E-state index is 5.43. The molecule has 1 aromatic heterocycles. The number of hydrogen-bond acceptors (Lipinski definition) is 2. The van der Waals surface area contributed by atoms with Crippen LogP contribution >= 0.6 is 0 Å². The average molecular weight is 181 g/mol. The third kappa shape index (κ3) is 3.19. The molecule has 0 aliphatic rings. The number of rotatable bonds is 5. The number of aryl methyl sites for hydroxylation is 1. The first-order valence-corrected chi connectivity index (χ1v) is 4.97. The van der Waals surface area contributed by atoms with Crippen molar-refractivity contribution in [1.29, 1.82) is 0 Å². The van der Waals surface area contributed by atoms with E-state index in [1.807, 2.05) is 10.9 Å². The van der Waals surface area contributed by atoms with Gasteiger partial charge in [0.05, 0.1) is 6.20 Å². The van der Waals surface area contributed by atoms with Gasteiger partial charge < -0.3 is 5.73 Å². The number of unbranched alkanes of at least 4 members (excludes halogenated alkanes) is 1. The highest BCUT2D eigenvalue weighted by atomic mass is 15.3. The average Bonchev–Trinajstić information content (AvgIpc) is 2.53. The van der Waals surface area contributed by atoms with E-state index >= 15 is 0 Å². The monoisotopic (exact) mass is 181 g/mol. The molecule has 0 amide bonds. The second-order valence-corrected chi connectivity index (χ2v) is 3.67. The molecule has 1 heterocycles. The number of nitrogens with two attached hydrogens (primary N) is 1. The van der Waals surface area contributed by atoms with Crippen molar-refractivity contribution >= 4 is 0 Å². The van der Waals surface area contributed by atoms with Crippen molar-refractivity contribution in [2.24, 2.45) is 5.73 Å². The predicted octanol–water partition coefficient (Wildman–Crippen LogP) is 1.75. The minimum atomic E-state index is 0.461. The van der Waals surface area contributed by atoms with Crippen molar-refractivity contribution in [3.05, 3.63) is 18.0 Å². The molecule has 0 aromatic carbocycles. The van der Waals surface area contributed by atoms with Crippen molar-refractivity contribution < 1.29 is 0 Å². The molecule has 3 heteroatoms. The second kappa shape index (κ2) is 5.02. The Kier molecular flexibility index (Phi) is 3.96. The van der Waals surface area contributed by atoms with Crippen LogP contribution in [0.3, 0.4) is 0 Å². The largest absolute Gasteiger partial charge is 0.330 e. The van der Waals surface area contributed by atoms with Crippen LogP contribution in [0.4, 0.5) is 0 Å². The van der Waals surface area contributed by atoms with Gasteiger partial charge in [-0.3, -0.25) is 4.68 Å². The Bertz CT molecular complexity index is 240. The Morgan fingerprint density at radius 2 is 2.23 bits per heavy atom. The molecule has 0 aliphatic heterocycles. The third-order valence-electron chi connectivity index (χ3n) is 2.10. The maximum Gasteiger partial charge on any atom is 0.0521 e. The van der Waals surface area contributed by atoms with E-state index in [0.717, 1.165) is 19.4 Å². The van der Waals surface area contributed by atoms with Crippen LogP contribution in [0.5, 0.6) is 0 Å². The van der Waals surface area contributed by atoms with Gasteiger partial charge in [-0.25, -0.2) is 0 Å². The fourth-order valence-electron chi connectivity index (χ4n) is 1.26. The standard InChI is InChI=1S/C10H19N3/c1-9(2)13-8-10(7-12-13)5-3-4-6-11/h7-9H,3-6,11H2,1-2H3. The van der Waals surface area contributed by atoms with Crippen LogP contribution in [-0.4, -0.2) is 16.3 Å². The molecule has 0 radical (unpaired) electrons. The SMILES string of the molecule is CC(C)n1cc(CCCCN)cn1. The van der Waals surface area contributed by atoms with Crippen LogP contribution in [0.25, 0.3) is 0 Å². The Morgan fingerprint density at radius 3 is 2.77 bits per heavy atom. The van der Waals surface area contributed by atoms with E-state index < -0.39 is 0 Å². The minimum Gasteiger partial charge on any atom is -0.330 e. The number of aromatic nitrogens is 2. The van der Waals surface area contributed by atoms with Gasteiger partial charge in [0.1, 0.15) is 0 Å². The fraction of sp³-hybridized carbons (Fsp3) is 0.700. The molecule has 1 aromatic rings. The highest BCUT2D eigenvalue weighted by molar-refractivity contribution is 5.04. The van der Waals surface area contributed by atoms with Gasteiger partial charge in [0, 0.05) is 12.2 Å². The fourth-order valence-corrected chi connectivity index (χ4v) is 1.26. The van der Waals surface area contributed by atoms with E-state index in [1.54, 1.807) is 0 Å². The molecule has 0 saturated carbocycles. The van der Waals surface area contributed by atoms with Gasteiger partial charge in [-0.2, -0.15) is 5.10 Å². The first-order valence-electron chi connectivity index (χ1n) is 4.97. The summed E-state index contributed by atoms with van der Waals surface area (Å²) in [6.45, 7) is 5.06. The third-order valence-corrected chi connectivity index (χ3v) is 2.10. The molecule has 0 saturated heterocycles. The summed E-state index contributed by atoms with van der Waals surface area (Å²) in [6, 6.07) is 0.461. The van der Waals surface area contributed by atoms with Crippen molar-refractivity contribution in [3.8, 4) is 0 Å². The molecule has 0 unspecified atom stereocenters. The van der Waals surface area contributed by atoms with E-state index in [2.05, 4.69) is 25.1 Å². The van der Waals surface area contributed by atoms with Gasteiger partial charge in [-0.1, -0.05) is 0 Å². The van der Waals surface area contributed by atoms with Crippen LogP contribution < -0.4 is 5.73 Å². The maximum absolute atomic E-state index is 5.43. The normalized spacial score (nSPS) is 11.1. The molecule has 3 nitrogen and oxygen atoms in total. The van der Waals surface area contributed by atoms with Crippen LogP contribution in [0, 0.1) is 0 Å². The molecule has 0 fully saturated rings. The van der Waals surface area contributed by atoms with Crippen LogP contribution in [0.15, 0.2) is 12.4 Å². The topological polar surface area (TPSA) is 43.8 Å². The van der Waals surface area contributed by atoms with Gasteiger partial charge in [0.15, 0.2) is 0 Å². The van der Waals surface area contributed by atoms with E-state index in [9.17, 15) is 0 Å². The Balaban J connectivity index is 2.40. The van der Waals surface area contributed by atoms with E-state index in [0.29, 0.717) is 6.04 Å². The summed E-state index contributed by atoms with van der Waals surface area (Å²) in [7, 11) is 0. The molecule has 1 rings (SSSR count). The van der Waals surface area contributed by atoms with Gasteiger partial charge in [-0.05, 0) is 45.2 Å². The summed E-state index contributed by atoms with van der Waals surface area (Å²) in [5.74, 6) is 0. The molecule has 0 spiro atoms. The lowest BCUT2D eigenvalue weighted by molar-refractivity contribution is 0.532. The first-order chi connectivity index (χ1) is 6.24. The summed E-state index contributed by atoms with van der Waals surface area (Å²) in [5.41, 5.74) is 6.75. The molecule has 0 atom stereocenters. The van der Waals surface area contributed by atoms with Gasteiger partial charge >= 0.3 is 0 Å². The van der Waals surface area contributed by atoms with Crippen molar-refractivity contribution in [3.63, 3.8) is 0 Å². The van der Waals surface area contributed by atoms with E-state index in [4.69, 9.17) is 5.73 Å². The highest BCUT2D eigenvalue weighted by Crippen LogP contribution is 2.07. The first kappa shape index (κ1) is 10.3. The van der Waals surface area contributed by atoms with E-state index in [-0.39, 0.29) is 0 Å². The molecule has 74 valence electrons.